The highest BCUT2D eigenvalue weighted by Crippen LogP contribution is 2.19. The Balaban J connectivity index is 1.52. The molecule has 1 aromatic heterocycles. The van der Waals surface area contributed by atoms with Crippen molar-refractivity contribution in [3.8, 4) is 5.75 Å². The Morgan fingerprint density at radius 1 is 1.18 bits per heavy atom. The smallest absolute Gasteiger partial charge is 0.130 e. The molecule has 116 valence electrons. The van der Waals surface area contributed by atoms with E-state index >= 15 is 0 Å². The zero-order chi connectivity index (χ0) is 15.0. The molecule has 1 aromatic carbocycles. The number of aromatic nitrogens is 1. The molecule has 1 fully saturated rings. The minimum absolute atomic E-state index is 0.363. The van der Waals surface area contributed by atoms with Gasteiger partial charge < -0.3 is 14.8 Å². The summed E-state index contributed by atoms with van der Waals surface area (Å²) >= 11 is 0. The first kappa shape index (κ1) is 15.0. The van der Waals surface area contributed by atoms with Gasteiger partial charge in [0, 0.05) is 31.5 Å². The molecule has 0 amide bonds. The third-order valence-corrected chi connectivity index (χ3v) is 3.79. The predicted molar refractivity (Wildman–Crippen MR) is 85.7 cm³/mol. The van der Waals surface area contributed by atoms with E-state index in [1.165, 1.54) is 6.42 Å². The van der Waals surface area contributed by atoms with Crippen LogP contribution in [0.5, 0.6) is 5.75 Å². The van der Waals surface area contributed by atoms with Crippen LogP contribution in [-0.2, 0) is 17.9 Å². The van der Waals surface area contributed by atoms with Crippen LogP contribution in [0.3, 0.4) is 0 Å². The lowest BCUT2D eigenvalue weighted by Gasteiger charge is -2.14. The lowest BCUT2D eigenvalue weighted by atomic mass is 10.2. The fourth-order valence-electron chi connectivity index (χ4n) is 2.60. The summed E-state index contributed by atoms with van der Waals surface area (Å²) in [5.41, 5.74) is 2.10. The van der Waals surface area contributed by atoms with Crippen LogP contribution < -0.4 is 10.1 Å². The van der Waals surface area contributed by atoms with E-state index in [1.807, 2.05) is 36.4 Å². The number of rotatable bonds is 7. The fraction of sp³-hybridized carbons (Fsp3) is 0.389. The van der Waals surface area contributed by atoms with Gasteiger partial charge in [-0.3, -0.25) is 4.98 Å². The molecule has 0 saturated carbocycles. The van der Waals surface area contributed by atoms with Crippen LogP contribution in [0.2, 0.25) is 0 Å². The molecule has 2 heterocycles. The number of ether oxygens (including phenoxy) is 2. The Hall–Kier alpha value is -1.91. The summed E-state index contributed by atoms with van der Waals surface area (Å²) in [6, 6.07) is 14.0. The number of benzene rings is 1. The predicted octanol–water partition coefficient (Wildman–Crippen LogP) is 2.93. The summed E-state index contributed by atoms with van der Waals surface area (Å²) < 4.78 is 11.5. The van der Waals surface area contributed by atoms with Gasteiger partial charge in [0.2, 0.25) is 0 Å². The van der Waals surface area contributed by atoms with E-state index in [0.29, 0.717) is 12.7 Å². The average molecular weight is 298 g/mol. The SMILES string of the molecule is c1ccc(COc2ccccc2CNCC2CCCO2)nc1. The molecule has 3 rings (SSSR count). The minimum Gasteiger partial charge on any atom is -0.487 e. The molecule has 1 saturated heterocycles. The van der Waals surface area contributed by atoms with Crippen molar-refractivity contribution in [3.05, 3.63) is 59.9 Å². The van der Waals surface area contributed by atoms with Gasteiger partial charge in [-0.05, 0) is 31.0 Å². The molecular formula is C18H22N2O2. The standard InChI is InChI=1S/C18H22N2O2/c1-2-9-18(22-14-16-7-3-4-10-20-16)15(6-1)12-19-13-17-8-5-11-21-17/h1-4,6-7,9-10,17,19H,5,8,11-14H2. The number of hydrogen-bond donors (Lipinski definition) is 1. The van der Waals surface area contributed by atoms with Crippen molar-refractivity contribution in [2.24, 2.45) is 0 Å². The summed E-state index contributed by atoms with van der Waals surface area (Å²) in [4.78, 5) is 4.28. The van der Waals surface area contributed by atoms with Gasteiger partial charge in [-0.1, -0.05) is 24.3 Å². The van der Waals surface area contributed by atoms with E-state index in [9.17, 15) is 0 Å². The second-order valence-corrected chi connectivity index (χ2v) is 5.48. The lowest BCUT2D eigenvalue weighted by molar-refractivity contribution is 0.110. The Morgan fingerprint density at radius 3 is 2.91 bits per heavy atom. The Bertz CT molecular complexity index is 568. The Morgan fingerprint density at radius 2 is 2.09 bits per heavy atom. The monoisotopic (exact) mass is 298 g/mol. The van der Waals surface area contributed by atoms with Crippen LogP contribution in [0, 0.1) is 0 Å². The molecule has 2 aromatic rings. The van der Waals surface area contributed by atoms with Crippen molar-refractivity contribution in [2.45, 2.75) is 32.1 Å². The maximum atomic E-state index is 5.91. The van der Waals surface area contributed by atoms with Gasteiger partial charge >= 0.3 is 0 Å². The van der Waals surface area contributed by atoms with Crippen LogP contribution in [-0.4, -0.2) is 24.2 Å². The van der Waals surface area contributed by atoms with Gasteiger partial charge in [0.25, 0.3) is 0 Å². The molecule has 1 N–H and O–H groups in total. The van der Waals surface area contributed by atoms with Gasteiger partial charge in [0.05, 0.1) is 11.8 Å². The van der Waals surface area contributed by atoms with E-state index in [1.54, 1.807) is 6.20 Å². The zero-order valence-corrected chi connectivity index (χ0v) is 12.7. The van der Waals surface area contributed by atoms with Crippen molar-refractivity contribution in [1.82, 2.24) is 10.3 Å². The highest BCUT2D eigenvalue weighted by Gasteiger charge is 2.14. The van der Waals surface area contributed by atoms with Crippen molar-refractivity contribution >= 4 is 0 Å². The molecule has 0 radical (unpaired) electrons. The highest BCUT2D eigenvalue weighted by atomic mass is 16.5. The topological polar surface area (TPSA) is 43.4 Å². The van der Waals surface area contributed by atoms with Gasteiger partial charge in [-0.15, -0.1) is 0 Å². The van der Waals surface area contributed by atoms with Crippen LogP contribution in [0.15, 0.2) is 48.7 Å². The quantitative estimate of drug-likeness (QED) is 0.853. The second-order valence-electron chi connectivity index (χ2n) is 5.48. The number of para-hydroxylation sites is 1. The maximum Gasteiger partial charge on any atom is 0.130 e. The number of pyridine rings is 1. The molecule has 4 heteroatoms. The molecule has 0 aliphatic carbocycles. The molecule has 1 unspecified atom stereocenters. The van der Waals surface area contributed by atoms with Crippen LogP contribution >= 0.6 is 0 Å². The first-order valence-electron chi connectivity index (χ1n) is 7.85. The van der Waals surface area contributed by atoms with Gasteiger partial charge in [0.1, 0.15) is 12.4 Å². The second kappa shape index (κ2) is 7.92. The van der Waals surface area contributed by atoms with Gasteiger partial charge in [0.15, 0.2) is 0 Å². The van der Waals surface area contributed by atoms with Crippen molar-refractivity contribution in [2.75, 3.05) is 13.2 Å². The van der Waals surface area contributed by atoms with Crippen LogP contribution in [0.25, 0.3) is 0 Å². The maximum absolute atomic E-state index is 5.91. The molecule has 0 bridgehead atoms. The van der Waals surface area contributed by atoms with Gasteiger partial charge in [-0.25, -0.2) is 0 Å². The van der Waals surface area contributed by atoms with E-state index in [4.69, 9.17) is 9.47 Å². The number of hydrogen-bond acceptors (Lipinski definition) is 4. The van der Waals surface area contributed by atoms with Crippen LogP contribution in [0.1, 0.15) is 24.1 Å². The highest BCUT2D eigenvalue weighted by molar-refractivity contribution is 5.33. The summed E-state index contributed by atoms with van der Waals surface area (Å²) in [6.45, 7) is 3.08. The zero-order valence-electron chi connectivity index (χ0n) is 12.7. The van der Waals surface area contributed by atoms with E-state index in [-0.39, 0.29) is 0 Å². The van der Waals surface area contributed by atoms with E-state index < -0.39 is 0 Å². The third kappa shape index (κ3) is 4.29. The summed E-state index contributed by atoms with van der Waals surface area (Å²) in [5.74, 6) is 0.910. The largest absolute Gasteiger partial charge is 0.487 e. The van der Waals surface area contributed by atoms with E-state index in [2.05, 4.69) is 16.4 Å². The van der Waals surface area contributed by atoms with Crippen molar-refractivity contribution in [1.29, 1.82) is 0 Å². The molecule has 1 atom stereocenters. The molecule has 1 aliphatic heterocycles. The van der Waals surface area contributed by atoms with Crippen LogP contribution in [0.4, 0.5) is 0 Å². The lowest BCUT2D eigenvalue weighted by Crippen LogP contribution is -2.26. The number of nitrogens with one attached hydrogen (secondary N) is 1. The average Bonchev–Trinajstić information content (AvgIpc) is 3.08. The first-order chi connectivity index (χ1) is 10.9. The normalized spacial score (nSPS) is 17.5. The first-order valence-corrected chi connectivity index (χ1v) is 7.85. The minimum atomic E-state index is 0.363. The summed E-state index contributed by atoms with van der Waals surface area (Å²) in [6.07, 6.45) is 4.48. The molecule has 0 spiro atoms. The summed E-state index contributed by atoms with van der Waals surface area (Å²) in [7, 11) is 0. The molecular weight excluding hydrogens is 276 g/mol. The Labute approximate surface area is 131 Å². The molecule has 22 heavy (non-hydrogen) atoms. The fourth-order valence-corrected chi connectivity index (χ4v) is 2.60. The van der Waals surface area contributed by atoms with Gasteiger partial charge in [-0.2, -0.15) is 0 Å². The summed E-state index contributed by atoms with van der Waals surface area (Å²) in [5, 5.41) is 3.46. The van der Waals surface area contributed by atoms with Crippen molar-refractivity contribution in [3.63, 3.8) is 0 Å². The molecule has 1 aliphatic rings. The van der Waals surface area contributed by atoms with E-state index in [0.717, 1.165) is 43.1 Å². The number of nitrogens with zero attached hydrogens (tertiary/aromatic N) is 1. The van der Waals surface area contributed by atoms with Crippen molar-refractivity contribution < 1.29 is 9.47 Å². The third-order valence-electron chi connectivity index (χ3n) is 3.79. The molecule has 4 nitrogen and oxygen atoms in total. The Kier molecular flexibility index (Phi) is 5.40.